The molecule has 3 rings (SSSR count). The highest BCUT2D eigenvalue weighted by Crippen LogP contribution is 2.38. The third-order valence-electron chi connectivity index (χ3n) is 4.48. The van der Waals surface area contributed by atoms with Crippen molar-refractivity contribution >= 4 is 22.9 Å². The third-order valence-corrected chi connectivity index (χ3v) is 4.48. The van der Waals surface area contributed by atoms with Gasteiger partial charge < -0.3 is 4.90 Å². The lowest BCUT2D eigenvalue weighted by molar-refractivity contribution is -0.384. The number of rotatable bonds is 5. The van der Waals surface area contributed by atoms with E-state index >= 15 is 0 Å². The summed E-state index contributed by atoms with van der Waals surface area (Å²) >= 11 is 0. The molecule has 0 bridgehead atoms. The molecule has 1 heterocycles. The fraction of sp³-hybridized carbons (Fsp3) is 0.143. The Bertz CT molecular complexity index is 927. The summed E-state index contributed by atoms with van der Waals surface area (Å²) < 4.78 is 0. The molecule has 136 valence electrons. The van der Waals surface area contributed by atoms with Gasteiger partial charge in [0, 0.05) is 47.3 Å². The summed E-state index contributed by atoms with van der Waals surface area (Å²) in [5.41, 5.74) is 2.37. The van der Waals surface area contributed by atoms with Gasteiger partial charge in [0.2, 0.25) is 0 Å². The van der Waals surface area contributed by atoms with E-state index in [1.54, 1.807) is 29.4 Å². The van der Waals surface area contributed by atoms with E-state index in [4.69, 9.17) is 0 Å². The van der Waals surface area contributed by atoms with Crippen molar-refractivity contribution in [3.63, 3.8) is 0 Å². The Morgan fingerprint density at radius 2 is 1.41 bits per heavy atom. The van der Waals surface area contributed by atoms with Crippen molar-refractivity contribution in [3.8, 4) is 0 Å². The molecule has 0 radical (unpaired) electrons. The van der Waals surface area contributed by atoms with Crippen LogP contribution in [0.2, 0.25) is 0 Å². The number of nitro groups is 1. The Labute approximate surface area is 156 Å². The van der Waals surface area contributed by atoms with Crippen LogP contribution in [0.1, 0.15) is 25.3 Å². The van der Waals surface area contributed by atoms with Crippen LogP contribution in [0.25, 0.3) is 0 Å². The van der Waals surface area contributed by atoms with Gasteiger partial charge in [-0.05, 0) is 31.5 Å². The molecule has 0 unspecified atom stereocenters. The van der Waals surface area contributed by atoms with Gasteiger partial charge in [-0.25, -0.2) is 0 Å². The van der Waals surface area contributed by atoms with Crippen LogP contribution < -0.4 is 4.90 Å². The number of carbonyl (C=O) groups excluding carboxylic acids is 2. The van der Waals surface area contributed by atoms with Gasteiger partial charge in [-0.3, -0.25) is 19.7 Å². The highest BCUT2D eigenvalue weighted by molar-refractivity contribution is 6.03. The molecule has 0 N–H and O–H groups in total. The van der Waals surface area contributed by atoms with Gasteiger partial charge in [0.25, 0.3) is 5.69 Å². The predicted octanol–water partition coefficient (Wildman–Crippen LogP) is 4.14. The van der Waals surface area contributed by atoms with Crippen LogP contribution in [-0.4, -0.2) is 16.5 Å². The maximum absolute atomic E-state index is 12.4. The molecular weight excluding hydrogens is 344 g/mol. The first-order valence-electron chi connectivity index (χ1n) is 8.41. The molecule has 2 aromatic carbocycles. The van der Waals surface area contributed by atoms with E-state index in [-0.39, 0.29) is 17.3 Å². The molecule has 0 saturated heterocycles. The number of non-ortho nitro benzene ring substituents is 1. The maximum Gasteiger partial charge on any atom is 0.269 e. The molecule has 0 fully saturated rings. The summed E-state index contributed by atoms with van der Waals surface area (Å²) in [4.78, 5) is 36.9. The topological polar surface area (TPSA) is 80.5 Å². The van der Waals surface area contributed by atoms with Crippen LogP contribution in [0, 0.1) is 10.1 Å². The summed E-state index contributed by atoms with van der Waals surface area (Å²) in [7, 11) is 0. The monoisotopic (exact) mass is 362 g/mol. The van der Waals surface area contributed by atoms with Crippen molar-refractivity contribution in [2.75, 3.05) is 4.90 Å². The highest BCUT2D eigenvalue weighted by Gasteiger charge is 2.31. The second-order valence-electron chi connectivity index (χ2n) is 6.31. The van der Waals surface area contributed by atoms with Crippen LogP contribution in [-0.2, 0) is 9.59 Å². The molecule has 6 nitrogen and oxygen atoms in total. The Morgan fingerprint density at radius 1 is 0.889 bits per heavy atom. The van der Waals surface area contributed by atoms with Crippen LogP contribution in [0.15, 0.2) is 78.1 Å². The quantitative estimate of drug-likeness (QED) is 0.590. The van der Waals surface area contributed by atoms with E-state index in [0.717, 1.165) is 5.69 Å². The van der Waals surface area contributed by atoms with Crippen LogP contribution in [0.4, 0.5) is 11.4 Å². The van der Waals surface area contributed by atoms with Crippen molar-refractivity contribution in [3.05, 3.63) is 93.8 Å². The fourth-order valence-electron chi connectivity index (χ4n) is 3.14. The molecule has 0 saturated carbocycles. The van der Waals surface area contributed by atoms with Crippen molar-refractivity contribution in [2.24, 2.45) is 0 Å². The van der Waals surface area contributed by atoms with Gasteiger partial charge in [-0.1, -0.05) is 30.3 Å². The first kappa shape index (κ1) is 18.3. The van der Waals surface area contributed by atoms with Crippen molar-refractivity contribution in [1.29, 1.82) is 0 Å². The molecule has 2 aromatic rings. The zero-order valence-corrected chi connectivity index (χ0v) is 15.0. The number of hydrogen-bond acceptors (Lipinski definition) is 5. The largest absolute Gasteiger partial charge is 0.323 e. The maximum atomic E-state index is 12.4. The number of nitro benzene ring substituents is 1. The lowest BCUT2D eigenvalue weighted by Crippen LogP contribution is -2.26. The fourth-order valence-corrected chi connectivity index (χ4v) is 3.14. The van der Waals surface area contributed by atoms with E-state index in [9.17, 15) is 19.7 Å². The molecule has 0 amide bonds. The van der Waals surface area contributed by atoms with Crippen molar-refractivity contribution in [2.45, 2.75) is 19.8 Å². The Kier molecular flexibility index (Phi) is 4.98. The van der Waals surface area contributed by atoms with Gasteiger partial charge in [0.05, 0.1) is 4.92 Å². The molecule has 0 aromatic heterocycles. The number of hydrogen-bond donors (Lipinski definition) is 0. The first-order valence-corrected chi connectivity index (χ1v) is 8.41. The lowest BCUT2D eigenvalue weighted by Gasteiger charge is -2.30. The first-order chi connectivity index (χ1) is 12.9. The SMILES string of the molecule is CC(=O)C1=CN(c2ccccc2)C=C(C(C)=O)C1c1ccc([N+](=O)[O-])cc1. The smallest absolute Gasteiger partial charge is 0.269 e. The van der Waals surface area contributed by atoms with Gasteiger partial charge in [-0.2, -0.15) is 0 Å². The van der Waals surface area contributed by atoms with Gasteiger partial charge in [0.1, 0.15) is 0 Å². The number of Topliss-reactive ketones (excluding diaryl/α,β-unsaturated/α-hetero) is 2. The van der Waals surface area contributed by atoms with Crippen LogP contribution >= 0.6 is 0 Å². The molecule has 0 aliphatic carbocycles. The lowest BCUT2D eigenvalue weighted by atomic mass is 9.80. The van der Waals surface area contributed by atoms with Gasteiger partial charge in [-0.15, -0.1) is 0 Å². The van der Waals surface area contributed by atoms with Crippen molar-refractivity contribution in [1.82, 2.24) is 0 Å². The molecule has 27 heavy (non-hydrogen) atoms. The minimum absolute atomic E-state index is 0.0396. The minimum atomic E-state index is -0.555. The van der Waals surface area contributed by atoms with Gasteiger partial charge in [0.15, 0.2) is 11.6 Å². The predicted molar refractivity (Wildman–Crippen MR) is 102 cm³/mol. The average Bonchev–Trinajstić information content (AvgIpc) is 2.67. The average molecular weight is 362 g/mol. The zero-order valence-electron chi connectivity index (χ0n) is 15.0. The number of para-hydroxylation sites is 1. The normalized spacial score (nSPS) is 14.4. The molecule has 0 atom stereocenters. The summed E-state index contributed by atoms with van der Waals surface area (Å²) in [5.74, 6) is -0.877. The summed E-state index contributed by atoms with van der Waals surface area (Å²) in [5, 5.41) is 10.9. The van der Waals surface area contributed by atoms with Crippen LogP contribution in [0.5, 0.6) is 0 Å². The van der Waals surface area contributed by atoms with E-state index in [2.05, 4.69) is 0 Å². The number of benzene rings is 2. The van der Waals surface area contributed by atoms with Gasteiger partial charge >= 0.3 is 0 Å². The molecule has 0 spiro atoms. The molecular formula is C21H18N2O4. The number of anilines is 1. The van der Waals surface area contributed by atoms with Crippen LogP contribution in [0.3, 0.4) is 0 Å². The number of allylic oxidation sites excluding steroid dienone is 2. The zero-order chi connectivity index (χ0) is 19.6. The number of ketones is 2. The minimum Gasteiger partial charge on any atom is -0.323 e. The molecule has 1 aliphatic heterocycles. The number of carbonyl (C=O) groups is 2. The summed E-state index contributed by atoms with van der Waals surface area (Å²) in [6.07, 6.45) is 3.44. The number of nitrogens with zero attached hydrogens (tertiary/aromatic N) is 2. The molecule has 1 aliphatic rings. The molecule has 6 heteroatoms. The van der Waals surface area contributed by atoms with E-state index in [1.165, 1.54) is 26.0 Å². The standard InChI is InChI=1S/C21H18N2O4/c1-14(24)19-12-22(17-6-4-3-5-7-17)13-20(15(2)25)21(19)16-8-10-18(11-9-16)23(26)27/h3-13,21H,1-2H3. The highest BCUT2D eigenvalue weighted by atomic mass is 16.6. The Hall–Kier alpha value is -3.54. The second kappa shape index (κ2) is 7.37. The Balaban J connectivity index is 2.11. The third kappa shape index (κ3) is 3.69. The van der Waals surface area contributed by atoms with E-state index in [0.29, 0.717) is 16.7 Å². The second-order valence-corrected chi connectivity index (χ2v) is 6.31. The summed E-state index contributed by atoms with van der Waals surface area (Å²) in [6, 6.07) is 15.4. The Morgan fingerprint density at radius 3 is 1.85 bits per heavy atom. The van der Waals surface area contributed by atoms with E-state index < -0.39 is 10.8 Å². The van der Waals surface area contributed by atoms with Crippen molar-refractivity contribution < 1.29 is 14.5 Å². The van der Waals surface area contributed by atoms with E-state index in [1.807, 2.05) is 30.3 Å². The summed E-state index contributed by atoms with van der Waals surface area (Å²) in [6.45, 7) is 2.91.